The fraction of sp³-hybridized carbons (Fsp3) is 0.207. The predicted octanol–water partition coefficient (Wildman–Crippen LogP) is 6.34. The van der Waals surface area contributed by atoms with Crippen LogP contribution in [0.1, 0.15) is 32.1 Å². The van der Waals surface area contributed by atoms with Gasteiger partial charge in [-0.3, -0.25) is 14.9 Å². The van der Waals surface area contributed by atoms with E-state index in [0.717, 1.165) is 64.4 Å². The average molecular weight is 504 g/mol. The summed E-state index contributed by atoms with van der Waals surface area (Å²) in [6, 6.07) is 11.9. The van der Waals surface area contributed by atoms with Crippen molar-refractivity contribution in [1.82, 2.24) is 30.1 Å². The molecule has 5 heterocycles. The van der Waals surface area contributed by atoms with Crippen LogP contribution in [0.4, 0.5) is 5.69 Å². The van der Waals surface area contributed by atoms with Crippen molar-refractivity contribution in [3.63, 3.8) is 0 Å². The number of rotatable bonds is 5. The minimum absolute atomic E-state index is 0.0875. The highest BCUT2D eigenvalue weighted by atomic mass is 16.3. The van der Waals surface area contributed by atoms with Crippen molar-refractivity contribution in [2.24, 2.45) is 5.92 Å². The van der Waals surface area contributed by atoms with Crippen molar-refractivity contribution in [3.8, 4) is 33.8 Å². The van der Waals surface area contributed by atoms with E-state index in [1.807, 2.05) is 30.3 Å². The third kappa shape index (κ3) is 4.02. The monoisotopic (exact) mass is 503 g/mol. The van der Waals surface area contributed by atoms with Crippen LogP contribution in [0.25, 0.3) is 55.8 Å². The van der Waals surface area contributed by atoms with Crippen LogP contribution in [0.2, 0.25) is 0 Å². The number of furan rings is 1. The molecule has 38 heavy (non-hydrogen) atoms. The van der Waals surface area contributed by atoms with Gasteiger partial charge in [0.2, 0.25) is 5.91 Å². The van der Waals surface area contributed by atoms with E-state index in [1.54, 1.807) is 31.1 Å². The molecule has 0 saturated heterocycles. The number of nitrogens with one attached hydrogen (secondary N) is 3. The summed E-state index contributed by atoms with van der Waals surface area (Å²) in [5.74, 6) is 0.799. The minimum atomic E-state index is 0.0875. The Morgan fingerprint density at radius 2 is 1.92 bits per heavy atom. The van der Waals surface area contributed by atoms with Gasteiger partial charge in [0.05, 0.1) is 35.4 Å². The number of carbonyl (C=O) groups is 1. The van der Waals surface area contributed by atoms with Crippen molar-refractivity contribution in [3.05, 3.63) is 67.5 Å². The normalized spacial score (nSPS) is 14.3. The van der Waals surface area contributed by atoms with Crippen LogP contribution in [0.5, 0.6) is 0 Å². The van der Waals surface area contributed by atoms with Crippen LogP contribution in [0, 0.1) is 5.92 Å². The number of carbonyl (C=O) groups excluding carboxylic acids is 1. The number of benzene rings is 1. The smallest absolute Gasteiger partial charge is 0.227 e. The number of pyridine rings is 2. The lowest BCUT2D eigenvalue weighted by atomic mass is 9.88. The van der Waals surface area contributed by atoms with Crippen molar-refractivity contribution in [2.45, 2.75) is 32.1 Å². The van der Waals surface area contributed by atoms with E-state index in [-0.39, 0.29) is 11.8 Å². The Labute approximate surface area is 217 Å². The van der Waals surface area contributed by atoms with Crippen molar-refractivity contribution in [1.29, 1.82) is 0 Å². The fourth-order valence-electron chi connectivity index (χ4n) is 5.33. The lowest BCUT2D eigenvalue weighted by molar-refractivity contribution is -0.120. The highest BCUT2D eigenvalue weighted by Gasteiger charge is 2.21. The van der Waals surface area contributed by atoms with Crippen LogP contribution < -0.4 is 5.32 Å². The molecule has 188 valence electrons. The molecule has 6 aromatic rings. The molecule has 0 radical (unpaired) electrons. The van der Waals surface area contributed by atoms with Gasteiger partial charge in [0.15, 0.2) is 11.5 Å². The number of aromatic amines is 2. The molecule has 7 rings (SSSR count). The van der Waals surface area contributed by atoms with Gasteiger partial charge in [-0.15, -0.1) is 0 Å². The number of nitrogens with zero attached hydrogens (tertiary/aromatic N) is 4. The molecule has 0 bridgehead atoms. The molecule has 0 spiro atoms. The highest BCUT2D eigenvalue weighted by Crippen LogP contribution is 2.33. The Kier molecular flexibility index (Phi) is 5.46. The van der Waals surface area contributed by atoms with Crippen molar-refractivity contribution >= 4 is 33.7 Å². The first-order chi connectivity index (χ1) is 18.7. The number of imidazole rings is 1. The minimum Gasteiger partial charge on any atom is -0.472 e. The summed E-state index contributed by atoms with van der Waals surface area (Å²) in [4.78, 5) is 29.7. The second-order valence-electron chi connectivity index (χ2n) is 9.77. The quantitative estimate of drug-likeness (QED) is 0.252. The van der Waals surface area contributed by atoms with Crippen molar-refractivity contribution < 1.29 is 9.21 Å². The molecule has 1 amide bonds. The van der Waals surface area contributed by atoms with Gasteiger partial charge < -0.3 is 14.7 Å². The third-order valence-electron chi connectivity index (χ3n) is 7.33. The zero-order valence-electron chi connectivity index (χ0n) is 20.6. The molecule has 9 heteroatoms. The SMILES string of the molecule is O=C(Nc1cncc(-c2ccc3[nH]nc(-c4nc5nccc(-c6ccoc6)c5[nH]4)c3c2)c1)C1CCCCC1. The number of H-pyrrole nitrogens is 2. The van der Waals surface area contributed by atoms with Crippen LogP contribution in [0.3, 0.4) is 0 Å². The molecule has 0 atom stereocenters. The summed E-state index contributed by atoms with van der Waals surface area (Å²) < 4.78 is 5.27. The van der Waals surface area contributed by atoms with Gasteiger partial charge in [0, 0.05) is 40.4 Å². The number of anilines is 1. The summed E-state index contributed by atoms with van der Waals surface area (Å²) in [5.41, 5.74) is 7.52. The third-order valence-corrected chi connectivity index (χ3v) is 7.33. The summed E-state index contributed by atoms with van der Waals surface area (Å²) in [6.07, 6.45) is 14.0. The molecular formula is C29H25N7O2. The second-order valence-corrected chi connectivity index (χ2v) is 9.77. The van der Waals surface area contributed by atoms with E-state index in [1.165, 1.54) is 6.42 Å². The fourth-order valence-corrected chi connectivity index (χ4v) is 5.33. The topological polar surface area (TPSA) is 125 Å². The summed E-state index contributed by atoms with van der Waals surface area (Å²) in [7, 11) is 0. The maximum absolute atomic E-state index is 12.8. The zero-order valence-corrected chi connectivity index (χ0v) is 20.6. The Balaban J connectivity index is 1.23. The largest absolute Gasteiger partial charge is 0.472 e. The van der Waals surface area contributed by atoms with Crippen LogP contribution >= 0.6 is 0 Å². The number of hydrogen-bond acceptors (Lipinski definition) is 6. The molecule has 1 aliphatic rings. The molecule has 3 N–H and O–H groups in total. The summed E-state index contributed by atoms with van der Waals surface area (Å²) in [6.45, 7) is 0. The molecule has 1 aliphatic carbocycles. The molecular weight excluding hydrogens is 478 g/mol. The zero-order chi connectivity index (χ0) is 25.5. The first kappa shape index (κ1) is 22.4. The first-order valence-corrected chi connectivity index (χ1v) is 12.8. The van der Waals surface area contributed by atoms with Crippen LogP contribution in [-0.4, -0.2) is 36.0 Å². The van der Waals surface area contributed by atoms with E-state index in [9.17, 15) is 4.79 Å². The van der Waals surface area contributed by atoms with Gasteiger partial charge in [0.1, 0.15) is 5.69 Å². The number of fused-ring (bicyclic) bond motifs is 2. The van der Waals surface area contributed by atoms with E-state index >= 15 is 0 Å². The maximum atomic E-state index is 12.8. The van der Waals surface area contributed by atoms with E-state index in [4.69, 9.17) is 9.40 Å². The number of hydrogen-bond donors (Lipinski definition) is 3. The first-order valence-electron chi connectivity index (χ1n) is 12.8. The van der Waals surface area contributed by atoms with Crippen LogP contribution in [0.15, 0.2) is 71.9 Å². The molecule has 5 aromatic heterocycles. The Hall–Kier alpha value is -4.79. The highest BCUT2D eigenvalue weighted by molar-refractivity contribution is 5.98. The average Bonchev–Trinajstić information content (AvgIpc) is 3.73. The molecule has 1 fully saturated rings. The van der Waals surface area contributed by atoms with Crippen LogP contribution in [-0.2, 0) is 4.79 Å². The van der Waals surface area contributed by atoms with Crippen molar-refractivity contribution in [2.75, 3.05) is 5.32 Å². The second kappa shape index (κ2) is 9.26. The molecule has 0 unspecified atom stereocenters. The Bertz CT molecular complexity index is 1760. The molecule has 1 saturated carbocycles. The molecule has 1 aromatic carbocycles. The predicted molar refractivity (Wildman–Crippen MR) is 145 cm³/mol. The maximum Gasteiger partial charge on any atom is 0.227 e. The van der Waals surface area contributed by atoms with E-state index < -0.39 is 0 Å². The van der Waals surface area contributed by atoms with Gasteiger partial charge in [-0.1, -0.05) is 25.3 Å². The summed E-state index contributed by atoms with van der Waals surface area (Å²) >= 11 is 0. The lowest BCUT2D eigenvalue weighted by Crippen LogP contribution is -2.24. The van der Waals surface area contributed by atoms with Gasteiger partial charge in [-0.2, -0.15) is 5.10 Å². The Morgan fingerprint density at radius 1 is 1.00 bits per heavy atom. The standard InChI is InChI=1S/C29H25N7O2/c37-29(17-4-2-1-3-5-17)32-21-12-20(14-30-15-21)18-6-7-24-23(13-18)26(36-35-24)28-33-25-22(19-9-11-38-16-19)8-10-31-27(25)34-28/h6-17H,1-5H2,(H,32,37)(H,35,36)(H,31,33,34). The molecule has 9 nitrogen and oxygen atoms in total. The number of amides is 1. The van der Waals surface area contributed by atoms with E-state index in [2.05, 4.69) is 36.5 Å². The molecule has 0 aliphatic heterocycles. The van der Waals surface area contributed by atoms with Gasteiger partial charge in [-0.05, 0) is 48.7 Å². The van der Waals surface area contributed by atoms with Gasteiger partial charge >= 0.3 is 0 Å². The summed E-state index contributed by atoms with van der Waals surface area (Å²) in [5, 5.41) is 11.7. The Morgan fingerprint density at radius 3 is 2.79 bits per heavy atom. The van der Waals surface area contributed by atoms with Gasteiger partial charge in [0.25, 0.3) is 0 Å². The lowest BCUT2D eigenvalue weighted by Gasteiger charge is -2.20. The van der Waals surface area contributed by atoms with E-state index in [0.29, 0.717) is 22.9 Å². The number of aromatic nitrogens is 6. The van der Waals surface area contributed by atoms with Gasteiger partial charge in [-0.25, -0.2) is 9.97 Å².